The third kappa shape index (κ3) is 7.72. The molecule has 4 nitrogen and oxygen atoms in total. The van der Waals surface area contributed by atoms with E-state index in [1.807, 2.05) is 6.08 Å². The van der Waals surface area contributed by atoms with Gasteiger partial charge in [0.25, 0.3) is 0 Å². The molecular formula is C21H36O4. The molecule has 144 valence electrons. The molecule has 0 saturated heterocycles. The Morgan fingerprint density at radius 2 is 2.00 bits per heavy atom. The lowest BCUT2D eigenvalue weighted by Crippen LogP contribution is -2.27. The number of rotatable bonds is 12. The maximum Gasteiger partial charge on any atom is 0.303 e. The van der Waals surface area contributed by atoms with Crippen LogP contribution in [0, 0.1) is 17.3 Å². The van der Waals surface area contributed by atoms with Gasteiger partial charge in [0.05, 0.1) is 6.10 Å². The molecule has 1 aliphatic carbocycles. The second kappa shape index (κ2) is 10.7. The van der Waals surface area contributed by atoms with Crippen LogP contribution in [0.15, 0.2) is 12.2 Å². The van der Waals surface area contributed by atoms with Gasteiger partial charge < -0.3 is 10.2 Å². The predicted octanol–water partition coefficient (Wildman–Crippen LogP) is 4.75. The molecule has 0 aromatic rings. The Labute approximate surface area is 152 Å². The van der Waals surface area contributed by atoms with E-state index in [2.05, 4.69) is 26.8 Å². The lowest BCUT2D eigenvalue weighted by atomic mass is 9.80. The van der Waals surface area contributed by atoms with Crippen LogP contribution >= 0.6 is 0 Å². The van der Waals surface area contributed by atoms with E-state index in [9.17, 15) is 14.7 Å². The summed E-state index contributed by atoms with van der Waals surface area (Å²) < 4.78 is 0. The summed E-state index contributed by atoms with van der Waals surface area (Å²) in [4.78, 5) is 22.7. The fourth-order valence-electron chi connectivity index (χ4n) is 3.65. The van der Waals surface area contributed by atoms with Crippen molar-refractivity contribution in [1.82, 2.24) is 0 Å². The Hall–Kier alpha value is -1.16. The van der Waals surface area contributed by atoms with E-state index in [4.69, 9.17) is 5.11 Å². The van der Waals surface area contributed by atoms with Gasteiger partial charge in [-0.2, -0.15) is 0 Å². The lowest BCUT2D eigenvalue weighted by molar-refractivity contribution is -0.137. The summed E-state index contributed by atoms with van der Waals surface area (Å²) in [6.45, 7) is 6.35. The highest BCUT2D eigenvalue weighted by molar-refractivity contribution is 5.83. The number of aliphatic hydroxyl groups is 1. The minimum Gasteiger partial charge on any atom is -0.481 e. The molecule has 0 radical (unpaired) electrons. The van der Waals surface area contributed by atoms with Crippen molar-refractivity contribution in [3.8, 4) is 0 Å². The van der Waals surface area contributed by atoms with Crippen LogP contribution in [0.2, 0.25) is 0 Å². The number of allylic oxidation sites excluding steroid dienone is 1. The van der Waals surface area contributed by atoms with E-state index in [0.29, 0.717) is 18.6 Å². The molecule has 1 fully saturated rings. The van der Waals surface area contributed by atoms with E-state index in [-0.39, 0.29) is 23.7 Å². The first-order chi connectivity index (χ1) is 11.8. The van der Waals surface area contributed by atoms with Crippen LogP contribution in [0.5, 0.6) is 0 Å². The number of unbranched alkanes of at least 4 members (excludes halogenated alkanes) is 3. The average molecular weight is 353 g/mol. The molecule has 1 rings (SSSR count). The molecule has 0 bridgehead atoms. The molecule has 1 saturated carbocycles. The molecule has 0 aromatic heterocycles. The van der Waals surface area contributed by atoms with Gasteiger partial charge in [-0.05, 0) is 37.0 Å². The van der Waals surface area contributed by atoms with Crippen molar-refractivity contribution in [2.24, 2.45) is 17.3 Å². The summed E-state index contributed by atoms with van der Waals surface area (Å²) >= 11 is 0. The van der Waals surface area contributed by atoms with E-state index in [1.165, 1.54) is 0 Å². The van der Waals surface area contributed by atoms with Gasteiger partial charge in [0, 0.05) is 18.8 Å². The standard InChI is InChI=1S/C21H36O4/c1-4-5-15-21(2,3)19(23)14-12-16-11-13-18(22)17(16)9-7-6-8-10-20(24)25/h12,14,16-17,19,23H,4-11,13,15H2,1-3H3,(H,24,25)/t16-,17-,19?/m1/s1. The number of Topliss-reactive ketones (excluding diaryl/α,β-unsaturated/α-hetero) is 1. The number of hydrogen-bond acceptors (Lipinski definition) is 3. The van der Waals surface area contributed by atoms with Gasteiger partial charge in [-0.15, -0.1) is 0 Å². The summed E-state index contributed by atoms with van der Waals surface area (Å²) in [6, 6.07) is 0. The van der Waals surface area contributed by atoms with Gasteiger partial charge >= 0.3 is 5.97 Å². The second-order valence-electron chi connectivity index (χ2n) is 8.19. The molecule has 25 heavy (non-hydrogen) atoms. The van der Waals surface area contributed by atoms with Gasteiger partial charge in [-0.1, -0.05) is 58.6 Å². The minimum atomic E-state index is -0.752. The first kappa shape index (κ1) is 21.9. The van der Waals surface area contributed by atoms with Gasteiger partial charge in [0.1, 0.15) is 5.78 Å². The third-order valence-corrected chi connectivity index (χ3v) is 5.58. The quantitative estimate of drug-likeness (QED) is 0.392. The lowest BCUT2D eigenvalue weighted by Gasteiger charge is -2.29. The summed E-state index contributed by atoms with van der Waals surface area (Å²) in [5, 5.41) is 19.1. The van der Waals surface area contributed by atoms with Crippen molar-refractivity contribution >= 4 is 11.8 Å². The van der Waals surface area contributed by atoms with Crippen LogP contribution in [0.3, 0.4) is 0 Å². The molecular weight excluding hydrogens is 316 g/mol. The Morgan fingerprint density at radius 3 is 2.64 bits per heavy atom. The van der Waals surface area contributed by atoms with E-state index in [1.54, 1.807) is 0 Å². The Kier molecular flexibility index (Phi) is 9.41. The molecule has 0 aromatic carbocycles. The molecule has 0 amide bonds. The van der Waals surface area contributed by atoms with Gasteiger partial charge in [0.2, 0.25) is 0 Å². The zero-order valence-corrected chi connectivity index (χ0v) is 16.2. The molecule has 0 heterocycles. The van der Waals surface area contributed by atoms with Crippen LogP contribution in [0.1, 0.15) is 85.0 Å². The maximum absolute atomic E-state index is 12.1. The summed E-state index contributed by atoms with van der Waals surface area (Å²) in [5.74, 6) is -0.152. The number of carbonyl (C=O) groups excluding carboxylic acids is 1. The number of aliphatic carboxylic acids is 1. The highest BCUT2D eigenvalue weighted by Gasteiger charge is 2.33. The SMILES string of the molecule is CCCCC(C)(C)C(O)C=C[C@H]1CCC(=O)[C@@H]1CCCCCC(=O)O. The molecule has 3 atom stereocenters. The van der Waals surface area contributed by atoms with Gasteiger partial charge in [-0.3, -0.25) is 9.59 Å². The van der Waals surface area contributed by atoms with Crippen LogP contribution in [0.25, 0.3) is 0 Å². The minimum absolute atomic E-state index is 0.0482. The highest BCUT2D eigenvalue weighted by Crippen LogP contribution is 2.35. The molecule has 1 unspecified atom stereocenters. The first-order valence-electron chi connectivity index (χ1n) is 9.89. The van der Waals surface area contributed by atoms with Gasteiger partial charge in [-0.25, -0.2) is 0 Å². The zero-order valence-electron chi connectivity index (χ0n) is 16.2. The number of ketones is 1. The number of hydrogen-bond donors (Lipinski definition) is 2. The Bertz CT molecular complexity index is 453. The van der Waals surface area contributed by atoms with E-state index < -0.39 is 12.1 Å². The maximum atomic E-state index is 12.1. The monoisotopic (exact) mass is 352 g/mol. The average Bonchev–Trinajstić information content (AvgIpc) is 2.90. The topological polar surface area (TPSA) is 74.6 Å². The van der Waals surface area contributed by atoms with Crippen molar-refractivity contribution in [3.05, 3.63) is 12.2 Å². The molecule has 0 spiro atoms. The number of carbonyl (C=O) groups is 2. The van der Waals surface area contributed by atoms with Gasteiger partial charge in [0.15, 0.2) is 0 Å². The number of carboxylic acid groups (broad SMARTS) is 1. The van der Waals surface area contributed by atoms with Crippen LogP contribution in [0.4, 0.5) is 0 Å². The second-order valence-corrected chi connectivity index (χ2v) is 8.19. The first-order valence-corrected chi connectivity index (χ1v) is 9.89. The van der Waals surface area contributed by atoms with Crippen LogP contribution < -0.4 is 0 Å². The summed E-state index contributed by atoms with van der Waals surface area (Å²) in [6.07, 6.45) is 11.7. The van der Waals surface area contributed by atoms with Crippen molar-refractivity contribution < 1.29 is 19.8 Å². The van der Waals surface area contributed by atoms with Crippen molar-refractivity contribution in [3.63, 3.8) is 0 Å². The molecule has 1 aliphatic rings. The van der Waals surface area contributed by atoms with Crippen LogP contribution in [-0.4, -0.2) is 28.1 Å². The zero-order chi connectivity index (χ0) is 18.9. The molecule has 4 heteroatoms. The van der Waals surface area contributed by atoms with Crippen LogP contribution in [-0.2, 0) is 9.59 Å². The van der Waals surface area contributed by atoms with E-state index in [0.717, 1.165) is 44.9 Å². The van der Waals surface area contributed by atoms with Crippen molar-refractivity contribution in [1.29, 1.82) is 0 Å². The normalized spacial score (nSPS) is 22.6. The predicted molar refractivity (Wildman–Crippen MR) is 100 cm³/mol. The number of carboxylic acids is 1. The Balaban J connectivity index is 2.49. The van der Waals surface area contributed by atoms with E-state index >= 15 is 0 Å². The third-order valence-electron chi connectivity index (χ3n) is 5.58. The highest BCUT2D eigenvalue weighted by atomic mass is 16.4. The summed E-state index contributed by atoms with van der Waals surface area (Å²) in [5.41, 5.74) is -0.137. The number of aliphatic hydroxyl groups excluding tert-OH is 1. The molecule has 0 aliphatic heterocycles. The molecule has 2 N–H and O–H groups in total. The summed E-state index contributed by atoms with van der Waals surface area (Å²) in [7, 11) is 0. The van der Waals surface area contributed by atoms with Crippen molar-refractivity contribution in [2.45, 2.75) is 91.1 Å². The Morgan fingerprint density at radius 1 is 1.28 bits per heavy atom. The fourth-order valence-corrected chi connectivity index (χ4v) is 3.65. The largest absolute Gasteiger partial charge is 0.481 e. The smallest absolute Gasteiger partial charge is 0.303 e. The van der Waals surface area contributed by atoms with Crippen molar-refractivity contribution in [2.75, 3.05) is 0 Å². The fraction of sp³-hybridized carbons (Fsp3) is 0.810.